The van der Waals surface area contributed by atoms with E-state index in [1.54, 1.807) is 25.1 Å². The molecule has 0 fully saturated rings. The Balaban J connectivity index is 2.17. The summed E-state index contributed by atoms with van der Waals surface area (Å²) in [6.45, 7) is 2.00. The first-order valence-electron chi connectivity index (χ1n) is 5.78. The molecule has 0 atom stereocenters. The summed E-state index contributed by atoms with van der Waals surface area (Å²) in [5.41, 5.74) is 2.08. The number of rotatable bonds is 3. The molecule has 0 aliphatic carbocycles. The molecule has 0 aliphatic heterocycles. The van der Waals surface area contributed by atoms with Crippen LogP contribution in [0.15, 0.2) is 36.4 Å². The van der Waals surface area contributed by atoms with Crippen LogP contribution in [-0.4, -0.2) is 0 Å². The molecule has 0 saturated heterocycles. The Bertz CT molecular complexity index is 645. The van der Waals surface area contributed by atoms with E-state index in [2.05, 4.69) is 5.32 Å². The van der Waals surface area contributed by atoms with Crippen molar-refractivity contribution >= 4 is 5.69 Å². The molecule has 2 nitrogen and oxygen atoms in total. The lowest BCUT2D eigenvalue weighted by Gasteiger charge is -2.10. The Kier molecular flexibility index (Phi) is 3.76. The Labute approximate surface area is 110 Å². The number of hydrogen-bond donors (Lipinski definition) is 1. The number of benzene rings is 2. The monoisotopic (exact) mass is 258 g/mol. The van der Waals surface area contributed by atoms with Gasteiger partial charge in [-0.3, -0.25) is 0 Å². The zero-order valence-electron chi connectivity index (χ0n) is 10.4. The van der Waals surface area contributed by atoms with Gasteiger partial charge in [-0.25, -0.2) is 8.78 Å². The second-order valence-corrected chi connectivity index (χ2v) is 4.23. The van der Waals surface area contributed by atoms with E-state index >= 15 is 0 Å². The van der Waals surface area contributed by atoms with Gasteiger partial charge in [0.05, 0.1) is 11.6 Å². The molecule has 0 aromatic heterocycles. The summed E-state index contributed by atoms with van der Waals surface area (Å²) in [5.74, 6) is -0.742. The van der Waals surface area contributed by atoms with Crippen molar-refractivity contribution in [3.63, 3.8) is 0 Å². The van der Waals surface area contributed by atoms with Gasteiger partial charge in [0.15, 0.2) is 0 Å². The zero-order valence-corrected chi connectivity index (χ0v) is 10.4. The van der Waals surface area contributed by atoms with Gasteiger partial charge in [0.25, 0.3) is 0 Å². The van der Waals surface area contributed by atoms with E-state index in [0.29, 0.717) is 23.4 Å². The fourth-order valence-electron chi connectivity index (χ4n) is 1.81. The molecule has 4 heteroatoms. The average molecular weight is 258 g/mol. The van der Waals surface area contributed by atoms with Crippen molar-refractivity contribution in [3.05, 3.63) is 64.7 Å². The lowest BCUT2D eigenvalue weighted by Crippen LogP contribution is -2.02. The smallest absolute Gasteiger partial charge is 0.128 e. The normalized spacial score (nSPS) is 10.0. The minimum absolute atomic E-state index is 0.271. The lowest BCUT2D eigenvalue weighted by atomic mass is 10.1. The van der Waals surface area contributed by atoms with Gasteiger partial charge in [-0.15, -0.1) is 0 Å². The first kappa shape index (κ1) is 13.0. The summed E-state index contributed by atoms with van der Waals surface area (Å²) in [6.07, 6.45) is 0. The molecule has 19 heavy (non-hydrogen) atoms. The number of nitrogens with one attached hydrogen (secondary N) is 1. The molecule has 0 amide bonds. The number of hydrogen-bond acceptors (Lipinski definition) is 2. The highest BCUT2D eigenvalue weighted by atomic mass is 19.1. The van der Waals surface area contributed by atoms with Crippen LogP contribution in [0.1, 0.15) is 16.7 Å². The van der Waals surface area contributed by atoms with Crippen molar-refractivity contribution in [3.8, 4) is 6.07 Å². The fraction of sp³-hybridized carbons (Fsp3) is 0.133. The molecule has 0 radical (unpaired) electrons. The maximum atomic E-state index is 13.3. The molecule has 0 spiro atoms. The summed E-state index contributed by atoms with van der Waals surface area (Å²) in [5, 5.41) is 11.8. The maximum absolute atomic E-state index is 13.3. The largest absolute Gasteiger partial charge is 0.381 e. The van der Waals surface area contributed by atoms with Crippen molar-refractivity contribution in [1.29, 1.82) is 5.26 Å². The molecular weight excluding hydrogens is 246 g/mol. The molecular formula is C15H12F2N2. The Hall–Kier alpha value is -2.41. The highest BCUT2D eigenvalue weighted by molar-refractivity contribution is 5.51. The van der Waals surface area contributed by atoms with Gasteiger partial charge in [0.2, 0.25) is 0 Å². The van der Waals surface area contributed by atoms with Gasteiger partial charge < -0.3 is 5.32 Å². The van der Waals surface area contributed by atoms with Crippen molar-refractivity contribution in [1.82, 2.24) is 0 Å². The summed E-state index contributed by atoms with van der Waals surface area (Å²) in [4.78, 5) is 0. The second-order valence-electron chi connectivity index (χ2n) is 4.23. The third-order valence-electron chi connectivity index (χ3n) is 2.84. The van der Waals surface area contributed by atoms with Crippen molar-refractivity contribution in [2.45, 2.75) is 13.5 Å². The number of halogens is 2. The lowest BCUT2D eigenvalue weighted by molar-refractivity contribution is 0.618. The van der Waals surface area contributed by atoms with E-state index in [1.807, 2.05) is 6.07 Å². The predicted octanol–water partition coefficient (Wildman–Crippen LogP) is 3.76. The maximum Gasteiger partial charge on any atom is 0.128 e. The van der Waals surface area contributed by atoms with Crippen LogP contribution in [0.25, 0.3) is 0 Å². The molecule has 96 valence electrons. The van der Waals surface area contributed by atoms with Crippen LogP contribution in [-0.2, 0) is 6.54 Å². The van der Waals surface area contributed by atoms with Crippen molar-refractivity contribution in [2.24, 2.45) is 0 Å². The predicted molar refractivity (Wildman–Crippen MR) is 69.6 cm³/mol. The summed E-state index contributed by atoms with van der Waals surface area (Å²) in [7, 11) is 0. The van der Waals surface area contributed by atoms with Crippen LogP contribution < -0.4 is 5.32 Å². The number of nitriles is 1. The second kappa shape index (κ2) is 5.49. The highest BCUT2D eigenvalue weighted by Gasteiger charge is 2.04. The molecule has 0 aliphatic rings. The van der Waals surface area contributed by atoms with Crippen LogP contribution >= 0.6 is 0 Å². The van der Waals surface area contributed by atoms with Gasteiger partial charge in [-0.05, 0) is 42.8 Å². The van der Waals surface area contributed by atoms with Crippen molar-refractivity contribution in [2.75, 3.05) is 5.32 Å². The van der Waals surface area contributed by atoms with E-state index < -0.39 is 5.82 Å². The standard InChI is InChI=1S/C15H12F2N2/c1-10-14(17)3-2-4-15(10)19-9-12-5-11(8-18)6-13(16)7-12/h2-7,19H,9H2,1H3. The van der Waals surface area contributed by atoms with Crippen LogP contribution in [0, 0.1) is 29.9 Å². The van der Waals surface area contributed by atoms with Gasteiger partial charge in [0, 0.05) is 17.8 Å². The molecule has 0 bridgehead atoms. The van der Waals surface area contributed by atoms with E-state index in [4.69, 9.17) is 5.26 Å². The minimum atomic E-state index is -0.452. The summed E-state index contributed by atoms with van der Waals surface area (Å²) >= 11 is 0. The zero-order chi connectivity index (χ0) is 13.8. The molecule has 2 rings (SSSR count). The van der Waals surface area contributed by atoms with Gasteiger partial charge in [0.1, 0.15) is 11.6 Å². The number of nitrogens with zero attached hydrogens (tertiary/aromatic N) is 1. The average Bonchev–Trinajstić information content (AvgIpc) is 2.40. The minimum Gasteiger partial charge on any atom is -0.381 e. The van der Waals surface area contributed by atoms with Gasteiger partial charge >= 0.3 is 0 Å². The molecule has 1 N–H and O–H groups in total. The molecule has 0 heterocycles. The number of anilines is 1. The topological polar surface area (TPSA) is 35.8 Å². The van der Waals surface area contributed by atoms with Gasteiger partial charge in [-0.2, -0.15) is 5.26 Å². The van der Waals surface area contributed by atoms with E-state index in [1.165, 1.54) is 18.2 Å². The Morgan fingerprint density at radius 1 is 1.21 bits per heavy atom. The third kappa shape index (κ3) is 3.08. The Morgan fingerprint density at radius 3 is 2.74 bits per heavy atom. The fourth-order valence-corrected chi connectivity index (χ4v) is 1.81. The van der Waals surface area contributed by atoms with Crippen LogP contribution in [0.4, 0.5) is 14.5 Å². The van der Waals surface area contributed by atoms with Crippen molar-refractivity contribution < 1.29 is 8.78 Å². The van der Waals surface area contributed by atoms with Crippen LogP contribution in [0.2, 0.25) is 0 Å². The molecule has 2 aromatic rings. The van der Waals surface area contributed by atoms with E-state index in [-0.39, 0.29) is 11.4 Å². The first-order valence-corrected chi connectivity index (χ1v) is 5.78. The first-order chi connectivity index (χ1) is 9.10. The van der Waals surface area contributed by atoms with Crippen LogP contribution in [0.3, 0.4) is 0 Å². The SMILES string of the molecule is Cc1c(F)cccc1NCc1cc(F)cc(C#N)c1. The molecule has 0 unspecified atom stereocenters. The van der Waals surface area contributed by atoms with Gasteiger partial charge in [-0.1, -0.05) is 6.07 Å². The van der Waals surface area contributed by atoms with E-state index in [0.717, 1.165) is 0 Å². The Morgan fingerprint density at radius 2 is 2.00 bits per heavy atom. The quantitative estimate of drug-likeness (QED) is 0.909. The van der Waals surface area contributed by atoms with E-state index in [9.17, 15) is 8.78 Å². The summed E-state index contributed by atoms with van der Waals surface area (Å²) in [6, 6.07) is 10.8. The highest BCUT2D eigenvalue weighted by Crippen LogP contribution is 2.18. The van der Waals surface area contributed by atoms with Crippen LogP contribution in [0.5, 0.6) is 0 Å². The molecule has 2 aromatic carbocycles. The summed E-state index contributed by atoms with van der Waals surface area (Å²) < 4.78 is 26.6. The third-order valence-corrected chi connectivity index (χ3v) is 2.84. The molecule has 0 saturated carbocycles.